The molecule has 0 saturated heterocycles. The summed E-state index contributed by atoms with van der Waals surface area (Å²) in [6.07, 6.45) is 0. The highest BCUT2D eigenvalue weighted by molar-refractivity contribution is 5.86. The first-order valence-electron chi connectivity index (χ1n) is 5.75. The van der Waals surface area contributed by atoms with Crippen molar-refractivity contribution in [2.24, 2.45) is 0 Å². The van der Waals surface area contributed by atoms with Gasteiger partial charge in [0.05, 0.1) is 25.3 Å². The van der Waals surface area contributed by atoms with Gasteiger partial charge in [0.1, 0.15) is 11.9 Å². The van der Waals surface area contributed by atoms with Crippen molar-refractivity contribution < 1.29 is 9.47 Å². The van der Waals surface area contributed by atoms with Crippen molar-refractivity contribution in [3.63, 3.8) is 0 Å². The van der Waals surface area contributed by atoms with Gasteiger partial charge in [0.2, 0.25) is 0 Å². The van der Waals surface area contributed by atoms with Crippen LogP contribution in [0, 0.1) is 11.3 Å². The third-order valence-corrected chi connectivity index (χ3v) is 2.84. The molecule has 0 fully saturated rings. The molecule has 2 aromatic rings. The zero-order chi connectivity index (χ0) is 14.0. The lowest BCUT2D eigenvalue weighted by Crippen LogP contribution is -2.12. The van der Waals surface area contributed by atoms with E-state index in [0.29, 0.717) is 22.9 Å². The molecule has 0 aliphatic heterocycles. The van der Waals surface area contributed by atoms with Crippen LogP contribution in [0.25, 0.3) is 10.9 Å². The van der Waals surface area contributed by atoms with Crippen LogP contribution in [0.1, 0.15) is 5.56 Å². The van der Waals surface area contributed by atoms with E-state index in [-0.39, 0.29) is 0 Å². The van der Waals surface area contributed by atoms with Gasteiger partial charge < -0.3 is 14.4 Å². The molecular weight excluding hydrogens is 242 g/mol. The number of hydrogen-bond acceptors (Lipinski definition) is 5. The first kappa shape index (κ1) is 13.0. The van der Waals surface area contributed by atoms with Crippen molar-refractivity contribution in [1.82, 2.24) is 4.98 Å². The minimum absolute atomic E-state index is 0.532. The number of rotatable bonds is 3. The van der Waals surface area contributed by atoms with E-state index in [1.54, 1.807) is 20.3 Å². The fourth-order valence-electron chi connectivity index (χ4n) is 1.91. The van der Waals surface area contributed by atoms with E-state index in [0.717, 1.165) is 10.9 Å². The van der Waals surface area contributed by atoms with Crippen molar-refractivity contribution in [3.8, 4) is 17.6 Å². The summed E-state index contributed by atoms with van der Waals surface area (Å²) in [4.78, 5) is 6.31. The van der Waals surface area contributed by atoms with Gasteiger partial charge in [0.25, 0.3) is 0 Å². The Bertz CT molecular complexity index is 660. The monoisotopic (exact) mass is 257 g/mol. The van der Waals surface area contributed by atoms with Gasteiger partial charge in [-0.2, -0.15) is 5.26 Å². The highest BCUT2D eigenvalue weighted by atomic mass is 16.5. The Hall–Kier alpha value is -2.48. The highest BCUT2D eigenvalue weighted by Crippen LogP contribution is 2.33. The minimum atomic E-state index is 0.532. The Morgan fingerprint density at radius 2 is 1.74 bits per heavy atom. The minimum Gasteiger partial charge on any atom is -0.493 e. The van der Waals surface area contributed by atoms with Gasteiger partial charge in [-0.3, -0.25) is 0 Å². The molecule has 0 saturated carbocycles. The van der Waals surface area contributed by atoms with Crippen LogP contribution in [-0.2, 0) is 0 Å². The van der Waals surface area contributed by atoms with E-state index in [9.17, 15) is 5.26 Å². The first-order chi connectivity index (χ1) is 9.10. The molecule has 19 heavy (non-hydrogen) atoms. The molecule has 0 radical (unpaired) electrons. The molecule has 1 heterocycles. The normalized spacial score (nSPS) is 10.1. The van der Waals surface area contributed by atoms with Crippen molar-refractivity contribution in [2.75, 3.05) is 33.2 Å². The average Bonchev–Trinajstić information content (AvgIpc) is 2.43. The summed E-state index contributed by atoms with van der Waals surface area (Å²) < 4.78 is 10.5. The smallest absolute Gasteiger partial charge is 0.162 e. The molecule has 1 aromatic carbocycles. The molecule has 0 aliphatic rings. The van der Waals surface area contributed by atoms with E-state index in [1.165, 1.54) is 0 Å². The molecule has 98 valence electrons. The molecule has 1 aromatic heterocycles. The van der Waals surface area contributed by atoms with Crippen LogP contribution < -0.4 is 14.4 Å². The van der Waals surface area contributed by atoms with Gasteiger partial charge in [-0.05, 0) is 12.1 Å². The third-order valence-electron chi connectivity index (χ3n) is 2.84. The van der Waals surface area contributed by atoms with Crippen LogP contribution in [0.5, 0.6) is 11.5 Å². The Balaban J connectivity index is 2.75. The molecule has 2 rings (SSSR count). The molecule has 5 heteroatoms. The van der Waals surface area contributed by atoms with Crippen LogP contribution >= 0.6 is 0 Å². The van der Waals surface area contributed by atoms with Gasteiger partial charge in [-0.25, -0.2) is 4.98 Å². The second-order valence-electron chi connectivity index (χ2n) is 4.27. The van der Waals surface area contributed by atoms with E-state index in [4.69, 9.17) is 9.47 Å². The van der Waals surface area contributed by atoms with Crippen molar-refractivity contribution in [2.45, 2.75) is 0 Å². The highest BCUT2D eigenvalue weighted by Gasteiger charge is 2.12. The number of anilines is 1. The Labute approximate surface area is 112 Å². The van der Waals surface area contributed by atoms with Crippen LogP contribution in [-0.4, -0.2) is 33.3 Å². The lowest BCUT2D eigenvalue weighted by Gasteiger charge is -2.15. The van der Waals surface area contributed by atoms with Crippen molar-refractivity contribution in [1.29, 1.82) is 5.26 Å². The van der Waals surface area contributed by atoms with Crippen LogP contribution in [0.4, 0.5) is 5.82 Å². The Morgan fingerprint density at radius 1 is 1.11 bits per heavy atom. The first-order valence-corrected chi connectivity index (χ1v) is 5.75. The largest absolute Gasteiger partial charge is 0.493 e. The summed E-state index contributed by atoms with van der Waals surface area (Å²) in [6, 6.07) is 7.59. The summed E-state index contributed by atoms with van der Waals surface area (Å²) in [5.41, 5.74) is 1.30. The predicted octanol–water partition coefficient (Wildman–Crippen LogP) is 2.19. The lowest BCUT2D eigenvalue weighted by molar-refractivity contribution is 0.356. The summed E-state index contributed by atoms with van der Waals surface area (Å²) >= 11 is 0. The molecule has 0 amide bonds. The van der Waals surface area contributed by atoms with E-state index >= 15 is 0 Å². The van der Waals surface area contributed by atoms with E-state index in [1.807, 2.05) is 31.1 Å². The van der Waals surface area contributed by atoms with Crippen molar-refractivity contribution in [3.05, 3.63) is 23.8 Å². The summed E-state index contributed by atoms with van der Waals surface area (Å²) in [5, 5.41) is 10.0. The lowest BCUT2D eigenvalue weighted by atomic mass is 10.1. The summed E-state index contributed by atoms with van der Waals surface area (Å²) in [7, 11) is 6.88. The topological polar surface area (TPSA) is 58.4 Å². The number of aromatic nitrogens is 1. The van der Waals surface area contributed by atoms with Gasteiger partial charge in [0, 0.05) is 25.5 Å². The fourth-order valence-corrected chi connectivity index (χ4v) is 1.91. The summed E-state index contributed by atoms with van der Waals surface area (Å²) in [6.45, 7) is 0. The molecule has 5 nitrogen and oxygen atoms in total. The summed E-state index contributed by atoms with van der Waals surface area (Å²) in [5.74, 6) is 1.89. The molecule has 0 N–H and O–H groups in total. The maximum atomic E-state index is 9.18. The van der Waals surface area contributed by atoms with Crippen LogP contribution in [0.15, 0.2) is 18.2 Å². The SMILES string of the molecule is COc1cc2cc(C#N)c(N(C)C)nc2cc1OC. The van der Waals surface area contributed by atoms with E-state index < -0.39 is 0 Å². The van der Waals surface area contributed by atoms with Gasteiger partial charge in [0.15, 0.2) is 11.5 Å². The van der Waals surface area contributed by atoms with Gasteiger partial charge in [-0.1, -0.05) is 0 Å². The zero-order valence-electron chi connectivity index (χ0n) is 11.4. The number of ether oxygens (including phenoxy) is 2. The Morgan fingerprint density at radius 3 is 2.26 bits per heavy atom. The third kappa shape index (κ3) is 2.25. The second-order valence-corrected chi connectivity index (χ2v) is 4.27. The van der Waals surface area contributed by atoms with Crippen molar-refractivity contribution >= 4 is 16.7 Å². The number of pyridine rings is 1. The number of nitrogens with zero attached hydrogens (tertiary/aromatic N) is 3. The standard InChI is InChI=1S/C14H15N3O2/c1-17(2)14-10(8-15)5-9-6-12(18-3)13(19-4)7-11(9)16-14/h5-7H,1-4H3. The number of methoxy groups -OCH3 is 2. The molecule has 0 spiro atoms. The van der Waals surface area contributed by atoms with E-state index in [2.05, 4.69) is 11.1 Å². The molecule has 0 bridgehead atoms. The Kier molecular flexibility index (Phi) is 3.43. The number of nitriles is 1. The maximum absolute atomic E-state index is 9.18. The maximum Gasteiger partial charge on any atom is 0.162 e. The van der Waals surface area contributed by atoms with Gasteiger partial charge >= 0.3 is 0 Å². The van der Waals surface area contributed by atoms with Gasteiger partial charge in [-0.15, -0.1) is 0 Å². The molecule has 0 aliphatic carbocycles. The fraction of sp³-hybridized carbons (Fsp3) is 0.286. The molecule has 0 atom stereocenters. The molecular formula is C14H15N3O2. The van der Waals surface area contributed by atoms with Crippen LogP contribution in [0.3, 0.4) is 0 Å². The number of benzene rings is 1. The zero-order valence-corrected chi connectivity index (χ0v) is 11.4. The quantitative estimate of drug-likeness (QED) is 0.843. The predicted molar refractivity (Wildman–Crippen MR) is 73.9 cm³/mol. The average molecular weight is 257 g/mol. The second kappa shape index (κ2) is 5.02. The van der Waals surface area contributed by atoms with Crippen LogP contribution in [0.2, 0.25) is 0 Å². The molecule has 0 unspecified atom stereocenters. The number of fused-ring (bicyclic) bond motifs is 1. The number of hydrogen-bond donors (Lipinski definition) is 0.